The van der Waals surface area contributed by atoms with Crippen LogP contribution in [0.3, 0.4) is 0 Å². The summed E-state index contributed by atoms with van der Waals surface area (Å²) in [6, 6.07) is 18.1. The molecule has 2 nitrogen and oxygen atoms in total. The van der Waals surface area contributed by atoms with Gasteiger partial charge in [0.1, 0.15) is 0 Å². The van der Waals surface area contributed by atoms with Gasteiger partial charge in [0, 0.05) is 22.6 Å². The van der Waals surface area contributed by atoms with Crippen LogP contribution in [0.25, 0.3) is 10.9 Å². The van der Waals surface area contributed by atoms with Gasteiger partial charge in [0.15, 0.2) is 0 Å². The summed E-state index contributed by atoms with van der Waals surface area (Å²) < 4.78 is 15.4. The van der Waals surface area contributed by atoms with Crippen molar-refractivity contribution in [2.24, 2.45) is 0 Å². The standard InChI is InChI=1S/C17H15NOS2/c19-21(13-7-2-1-3-8-13)16-14-9-4-5-10-15(14)18-11-6-12-20-17(16)18/h1-5,7-10H,6,11-12H2. The highest BCUT2D eigenvalue weighted by Crippen LogP contribution is 2.40. The summed E-state index contributed by atoms with van der Waals surface area (Å²) >= 11 is 1.83. The third-order valence-electron chi connectivity index (χ3n) is 3.79. The van der Waals surface area contributed by atoms with Gasteiger partial charge in [-0.1, -0.05) is 36.4 Å². The lowest BCUT2D eigenvalue weighted by atomic mass is 10.2. The van der Waals surface area contributed by atoms with E-state index >= 15 is 0 Å². The summed E-state index contributed by atoms with van der Waals surface area (Å²) in [4.78, 5) is 1.87. The second-order valence-electron chi connectivity index (χ2n) is 5.09. The van der Waals surface area contributed by atoms with E-state index in [-0.39, 0.29) is 0 Å². The maximum atomic E-state index is 13.1. The molecule has 4 heteroatoms. The van der Waals surface area contributed by atoms with Crippen molar-refractivity contribution >= 4 is 33.5 Å². The predicted molar refractivity (Wildman–Crippen MR) is 88.4 cm³/mol. The van der Waals surface area contributed by atoms with Crippen LogP contribution in [0, 0.1) is 0 Å². The zero-order valence-corrected chi connectivity index (χ0v) is 13.1. The fraction of sp³-hybridized carbons (Fsp3) is 0.176. The van der Waals surface area contributed by atoms with Crippen molar-refractivity contribution < 1.29 is 4.21 Å². The Kier molecular flexibility index (Phi) is 3.36. The zero-order valence-electron chi connectivity index (χ0n) is 11.5. The Morgan fingerprint density at radius 3 is 2.62 bits per heavy atom. The molecule has 0 aliphatic carbocycles. The van der Waals surface area contributed by atoms with E-state index in [0.29, 0.717) is 0 Å². The minimum atomic E-state index is -1.12. The molecule has 0 bridgehead atoms. The number of hydrogen-bond donors (Lipinski definition) is 0. The second-order valence-corrected chi connectivity index (χ2v) is 7.59. The van der Waals surface area contributed by atoms with E-state index in [1.165, 1.54) is 17.0 Å². The number of benzene rings is 2. The van der Waals surface area contributed by atoms with Crippen molar-refractivity contribution in [3.63, 3.8) is 0 Å². The number of aromatic nitrogens is 1. The molecule has 0 N–H and O–H groups in total. The number of rotatable bonds is 2. The Labute approximate surface area is 130 Å². The lowest BCUT2D eigenvalue weighted by molar-refractivity contribution is 0.627. The van der Waals surface area contributed by atoms with Crippen LogP contribution in [0.5, 0.6) is 0 Å². The van der Waals surface area contributed by atoms with Crippen LogP contribution in [-0.2, 0) is 17.3 Å². The smallest absolute Gasteiger partial charge is 0.0927 e. The van der Waals surface area contributed by atoms with E-state index in [9.17, 15) is 4.21 Å². The molecule has 2 aromatic carbocycles. The predicted octanol–water partition coefficient (Wildman–Crippen LogP) is 4.30. The Hall–Kier alpha value is -1.52. The maximum Gasteiger partial charge on any atom is 0.0927 e. The van der Waals surface area contributed by atoms with Crippen LogP contribution >= 0.6 is 11.8 Å². The van der Waals surface area contributed by atoms with Crippen LogP contribution in [0.1, 0.15) is 6.42 Å². The minimum Gasteiger partial charge on any atom is -0.335 e. The Balaban J connectivity index is 1.98. The highest BCUT2D eigenvalue weighted by molar-refractivity contribution is 7.99. The second kappa shape index (κ2) is 5.35. The Bertz CT molecular complexity index is 823. The molecular weight excluding hydrogens is 298 g/mol. The molecule has 1 unspecified atom stereocenters. The van der Waals surface area contributed by atoms with Crippen molar-refractivity contribution in [3.8, 4) is 0 Å². The molecule has 0 spiro atoms. The molecule has 0 saturated heterocycles. The minimum absolute atomic E-state index is 0.878. The molecule has 21 heavy (non-hydrogen) atoms. The van der Waals surface area contributed by atoms with Gasteiger partial charge in [-0.2, -0.15) is 0 Å². The van der Waals surface area contributed by atoms with Gasteiger partial charge < -0.3 is 4.57 Å². The summed E-state index contributed by atoms with van der Waals surface area (Å²) in [6.07, 6.45) is 1.17. The molecule has 106 valence electrons. The van der Waals surface area contributed by atoms with Crippen LogP contribution < -0.4 is 0 Å². The van der Waals surface area contributed by atoms with Crippen molar-refractivity contribution in [2.75, 3.05) is 5.75 Å². The molecule has 0 fully saturated rings. The Morgan fingerprint density at radius 1 is 1.00 bits per heavy atom. The summed E-state index contributed by atoms with van der Waals surface area (Å²) in [7, 11) is -1.12. The van der Waals surface area contributed by atoms with Crippen LogP contribution in [0.15, 0.2) is 69.4 Å². The van der Waals surface area contributed by atoms with Gasteiger partial charge in [-0.15, -0.1) is 11.8 Å². The Morgan fingerprint density at radius 2 is 1.76 bits per heavy atom. The first kappa shape index (κ1) is 13.2. The molecule has 1 aromatic heterocycles. The average Bonchev–Trinajstić information content (AvgIpc) is 2.90. The number of nitrogens with zero attached hydrogens (tertiary/aromatic N) is 1. The van der Waals surface area contributed by atoms with Crippen LogP contribution in [0.4, 0.5) is 0 Å². The average molecular weight is 313 g/mol. The van der Waals surface area contributed by atoms with E-state index in [0.717, 1.165) is 27.5 Å². The summed E-state index contributed by atoms with van der Waals surface area (Å²) in [5, 5.41) is 2.31. The van der Waals surface area contributed by atoms with E-state index in [1.54, 1.807) is 0 Å². The molecule has 2 heterocycles. The van der Waals surface area contributed by atoms with E-state index in [4.69, 9.17) is 0 Å². The molecule has 1 aliphatic heterocycles. The highest BCUT2D eigenvalue weighted by Gasteiger charge is 2.24. The number of para-hydroxylation sites is 1. The number of thioether (sulfide) groups is 1. The van der Waals surface area contributed by atoms with Gasteiger partial charge in [-0.3, -0.25) is 0 Å². The summed E-state index contributed by atoms with van der Waals surface area (Å²) in [5.41, 5.74) is 1.21. The first-order chi connectivity index (χ1) is 10.4. The van der Waals surface area contributed by atoms with Crippen molar-refractivity contribution in [3.05, 3.63) is 54.6 Å². The first-order valence-electron chi connectivity index (χ1n) is 7.07. The molecule has 1 atom stereocenters. The molecule has 0 saturated carbocycles. The monoisotopic (exact) mass is 313 g/mol. The number of hydrogen-bond acceptors (Lipinski definition) is 2. The lowest BCUT2D eigenvalue weighted by Crippen LogP contribution is -2.07. The van der Waals surface area contributed by atoms with Crippen LogP contribution in [0.2, 0.25) is 0 Å². The zero-order chi connectivity index (χ0) is 14.2. The molecule has 4 rings (SSSR count). The molecule has 3 aromatic rings. The SMILES string of the molecule is O=S(c1ccccc1)c1c2n(c3ccccc13)CCCS2. The van der Waals surface area contributed by atoms with E-state index < -0.39 is 10.8 Å². The van der Waals surface area contributed by atoms with Gasteiger partial charge in [0.2, 0.25) is 0 Å². The first-order valence-corrected chi connectivity index (χ1v) is 9.20. The normalized spacial score (nSPS) is 15.8. The third kappa shape index (κ3) is 2.14. The van der Waals surface area contributed by atoms with Gasteiger partial charge >= 0.3 is 0 Å². The van der Waals surface area contributed by atoms with Gasteiger partial charge in [-0.25, -0.2) is 4.21 Å². The van der Waals surface area contributed by atoms with Gasteiger partial charge in [0.25, 0.3) is 0 Å². The highest BCUT2D eigenvalue weighted by atomic mass is 32.2. The third-order valence-corrected chi connectivity index (χ3v) is 6.59. The summed E-state index contributed by atoms with van der Waals surface area (Å²) in [5.74, 6) is 1.11. The quantitative estimate of drug-likeness (QED) is 0.703. The largest absolute Gasteiger partial charge is 0.335 e. The van der Waals surface area contributed by atoms with Crippen LogP contribution in [-0.4, -0.2) is 14.5 Å². The van der Waals surface area contributed by atoms with Crippen molar-refractivity contribution in [1.82, 2.24) is 4.57 Å². The molecule has 0 radical (unpaired) electrons. The lowest BCUT2D eigenvalue weighted by Gasteiger charge is -2.16. The van der Waals surface area contributed by atoms with E-state index in [2.05, 4.69) is 22.8 Å². The fourth-order valence-electron chi connectivity index (χ4n) is 2.85. The molecule has 1 aliphatic rings. The maximum absolute atomic E-state index is 13.1. The molecular formula is C17H15NOS2. The molecule has 0 amide bonds. The van der Waals surface area contributed by atoms with Gasteiger partial charge in [0.05, 0.1) is 26.2 Å². The topological polar surface area (TPSA) is 22.0 Å². The number of aryl methyl sites for hydroxylation is 1. The van der Waals surface area contributed by atoms with Gasteiger partial charge in [-0.05, 0) is 24.6 Å². The summed E-state index contributed by atoms with van der Waals surface area (Å²) in [6.45, 7) is 1.02. The van der Waals surface area contributed by atoms with Crippen molar-refractivity contribution in [2.45, 2.75) is 27.8 Å². The number of fused-ring (bicyclic) bond motifs is 3. The fourth-order valence-corrected chi connectivity index (χ4v) is 5.58. The van der Waals surface area contributed by atoms with E-state index in [1.807, 2.05) is 48.2 Å². The van der Waals surface area contributed by atoms with Crippen molar-refractivity contribution in [1.29, 1.82) is 0 Å².